The smallest absolute Gasteiger partial charge is 0.335 e. The minimum Gasteiger partial charge on any atom is -0.478 e. The van der Waals surface area contributed by atoms with Crippen LogP contribution in [0.3, 0.4) is 0 Å². The number of rotatable bonds is 3. The lowest BCUT2D eigenvalue weighted by Gasteiger charge is -2.35. The Hall–Kier alpha value is -1.44. The van der Waals surface area contributed by atoms with Crippen LogP contribution in [0.15, 0.2) is 17.0 Å². The van der Waals surface area contributed by atoms with Crippen LogP contribution >= 0.6 is 0 Å². The molecule has 1 aliphatic rings. The van der Waals surface area contributed by atoms with Crippen molar-refractivity contribution < 1.29 is 23.4 Å². The van der Waals surface area contributed by atoms with Gasteiger partial charge < -0.3 is 10.2 Å². The summed E-state index contributed by atoms with van der Waals surface area (Å²) in [6, 6.07) is 2.74. The van der Waals surface area contributed by atoms with E-state index in [1.54, 1.807) is 19.9 Å². The fraction of sp³-hybridized carbons (Fsp3) is 0.417. The van der Waals surface area contributed by atoms with E-state index in [-0.39, 0.29) is 23.5 Å². The topological polar surface area (TPSA) is 94.9 Å². The molecule has 104 valence electrons. The summed E-state index contributed by atoms with van der Waals surface area (Å²) in [6.07, 6.45) is -0.639. The Morgan fingerprint density at radius 2 is 1.84 bits per heavy atom. The Morgan fingerprint density at radius 1 is 1.26 bits per heavy atom. The molecule has 0 bridgehead atoms. The van der Waals surface area contributed by atoms with Gasteiger partial charge in [0.15, 0.2) is 0 Å². The molecule has 0 aliphatic carbocycles. The summed E-state index contributed by atoms with van der Waals surface area (Å²) >= 11 is 0. The number of hydrogen-bond donors (Lipinski definition) is 2. The maximum atomic E-state index is 12.3. The molecule has 1 aromatic rings. The molecule has 0 unspecified atom stereocenters. The lowest BCUT2D eigenvalue weighted by molar-refractivity contribution is 0.0547. The van der Waals surface area contributed by atoms with Gasteiger partial charge >= 0.3 is 5.97 Å². The zero-order valence-electron chi connectivity index (χ0n) is 10.6. The largest absolute Gasteiger partial charge is 0.478 e. The van der Waals surface area contributed by atoms with Gasteiger partial charge in [0, 0.05) is 13.1 Å². The second-order valence-corrected chi connectivity index (χ2v) is 6.62. The van der Waals surface area contributed by atoms with Crippen molar-refractivity contribution in [1.82, 2.24) is 4.31 Å². The van der Waals surface area contributed by atoms with Gasteiger partial charge in [-0.25, -0.2) is 13.2 Å². The predicted molar refractivity (Wildman–Crippen MR) is 67.6 cm³/mol. The molecule has 0 atom stereocenters. The van der Waals surface area contributed by atoms with Crippen LogP contribution in [0, 0.1) is 13.8 Å². The lowest BCUT2D eigenvalue weighted by Crippen LogP contribution is -2.53. The molecular weight excluding hydrogens is 270 g/mol. The van der Waals surface area contributed by atoms with Gasteiger partial charge in [-0.05, 0) is 31.0 Å². The van der Waals surface area contributed by atoms with Gasteiger partial charge in [-0.3, -0.25) is 0 Å². The first-order valence-corrected chi connectivity index (χ1v) is 7.20. The van der Waals surface area contributed by atoms with Crippen molar-refractivity contribution in [2.45, 2.75) is 24.8 Å². The Kier molecular flexibility index (Phi) is 3.38. The molecule has 1 saturated heterocycles. The van der Waals surface area contributed by atoms with Gasteiger partial charge in [-0.15, -0.1) is 0 Å². The normalized spacial score (nSPS) is 17.2. The highest BCUT2D eigenvalue weighted by Crippen LogP contribution is 2.26. The van der Waals surface area contributed by atoms with Crippen molar-refractivity contribution in [3.63, 3.8) is 0 Å². The molecule has 0 radical (unpaired) electrons. The number of aromatic carboxylic acids is 1. The van der Waals surface area contributed by atoms with E-state index in [4.69, 9.17) is 5.11 Å². The van der Waals surface area contributed by atoms with E-state index in [0.29, 0.717) is 11.1 Å². The molecule has 7 heteroatoms. The third-order valence-electron chi connectivity index (χ3n) is 3.20. The van der Waals surface area contributed by atoms with Crippen LogP contribution in [0.5, 0.6) is 0 Å². The number of carbonyl (C=O) groups is 1. The first-order valence-electron chi connectivity index (χ1n) is 5.76. The van der Waals surface area contributed by atoms with Gasteiger partial charge in [-0.1, -0.05) is 6.07 Å². The summed E-state index contributed by atoms with van der Waals surface area (Å²) in [5, 5.41) is 18.2. The van der Waals surface area contributed by atoms with E-state index in [1.165, 1.54) is 6.07 Å². The third kappa shape index (κ3) is 2.36. The fourth-order valence-corrected chi connectivity index (χ4v) is 3.84. The minimum atomic E-state index is -3.73. The monoisotopic (exact) mass is 285 g/mol. The van der Waals surface area contributed by atoms with E-state index >= 15 is 0 Å². The number of carboxylic acid groups (broad SMARTS) is 1. The van der Waals surface area contributed by atoms with Crippen LogP contribution in [0.1, 0.15) is 21.5 Å². The average molecular weight is 285 g/mol. The van der Waals surface area contributed by atoms with Crippen LogP contribution < -0.4 is 0 Å². The number of aliphatic hydroxyl groups is 1. The molecule has 0 aromatic heterocycles. The van der Waals surface area contributed by atoms with E-state index < -0.39 is 22.1 Å². The molecule has 1 heterocycles. The maximum Gasteiger partial charge on any atom is 0.335 e. The van der Waals surface area contributed by atoms with Gasteiger partial charge in [0.25, 0.3) is 0 Å². The van der Waals surface area contributed by atoms with Gasteiger partial charge in [0.2, 0.25) is 10.0 Å². The number of hydrogen-bond acceptors (Lipinski definition) is 4. The molecule has 1 aromatic carbocycles. The number of nitrogens with zero attached hydrogens (tertiary/aromatic N) is 1. The Morgan fingerprint density at radius 3 is 2.32 bits per heavy atom. The van der Waals surface area contributed by atoms with E-state index in [2.05, 4.69) is 0 Å². The summed E-state index contributed by atoms with van der Waals surface area (Å²) in [4.78, 5) is 11.1. The maximum absolute atomic E-state index is 12.3. The first kappa shape index (κ1) is 14.0. The van der Waals surface area contributed by atoms with Crippen LogP contribution in [0.25, 0.3) is 0 Å². The third-order valence-corrected chi connectivity index (χ3v) is 5.17. The summed E-state index contributed by atoms with van der Waals surface area (Å²) in [5.41, 5.74) is 1.00. The first-order chi connectivity index (χ1) is 8.73. The molecule has 2 rings (SSSR count). The number of benzene rings is 1. The van der Waals surface area contributed by atoms with E-state index in [9.17, 15) is 18.3 Å². The Bertz CT molecular complexity index is 632. The molecule has 1 fully saturated rings. The molecule has 1 aliphatic heterocycles. The highest BCUT2D eigenvalue weighted by Gasteiger charge is 2.36. The minimum absolute atomic E-state index is 0.0117. The van der Waals surface area contributed by atoms with Crippen molar-refractivity contribution in [2.75, 3.05) is 13.1 Å². The number of aliphatic hydroxyl groups excluding tert-OH is 1. The molecule has 0 spiro atoms. The quantitative estimate of drug-likeness (QED) is 0.836. The molecule has 0 saturated carbocycles. The summed E-state index contributed by atoms with van der Waals surface area (Å²) in [7, 11) is -3.73. The average Bonchev–Trinajstić information content (AvgIpc) is 2.23. The molecule has 2 N–H and O–H groups in total. The second kappa shape index (κ2) is 4.59. The molecule has 0 amide bonds. The zero-order valence-corrected chi connectivity index (χ0v) is 11.4. The van der Waals surface area contributed by atoms with Crippen molar-refractivity contribution in [1.29, 1.82) is 0 Å². The lowest BCUT2D eigenvalue weighted by atomic mass is 10.1. The van der Waals surface area contributed by atoms with Crippen LogP contribution in [0.4, 0.5) is 0 Å². The number of carboxylic acids is 1. The summed E-state index contributed by atoms with van der Waals surface area (Å²) in [6.45, 7) is 3.36. The Balaban J connectivity index is 2.50. The van der Waals surface area contributed by atoms with Crippen molar-refractivity contribution in [3.05, 3.63) is 28.8 Å². The van der Waals surface area contributed by atoms with E-state index in [1.807, 2.05) is 0 Å². The summed E-state index contributed by atoms with van der Waals surface area (Å²) < 4.78 is 25.7. The molecule has 6 nitrogen and oxygen atoms in total. The highest BCUT2D eigenvalue weighted by molar-refractivity contribution is 7.89. The van der Waals surface area contributed by atoms with Gasteiger partial charge in [0.05, 0.1) is 16.6 Å². The number of sulfonamides is 1. The van der Waals surface area contributed by atoms with Crippen LogP contribution in [-0.2, 0) is 10.0 Å². The van der Waals surface area contributed by atoms with Crippen LogP contribution in [0.2, 0.25) is 0 Å². The standard InChI is InChI=1S/C12H15NO5S/c1-7-3-8(2)11(4-10(7)12(15)16)19(17,18)13-5-9(14)6-13/h3-4,9,14H,5-6H2,1-2H3,(H,15,16). The SMILES string of the molecule is Cc1cc(C)c(S(=O)(=O)N2CC(O)C2)cc1C(=O)O. The highest BCUT2D eigenvalue weighted by atomic mass is 32.2. The number of aryl methyl sites for hydroxylation is 2. The molecule has 19 heavy (non-hydrogen) atoms. The fourth-order valence-electron chi connectivity index (χ4n) is 2.09. The van der Waals surface area contributed by atoms with Crippen molar-refractivity contribution >= 4 is 16.0 Å². The van der Waals surface area contributed by atoms with Gasteiger partial charge in [-0.2, -0.15) is 4.31 Å². The predicted octanol–water partition coefficient (Wildman–Crippen LogP) is 0.367. The molecular formula is C12H15NO5S. The van der Waals surface area contributed by atoms with Crippen LogP contribution in [-0.4, -0.2) is 48.1 Å². The Labute approximate surface area is 111 Å². The zero-order chi connectivity index (χ0) is 14.4. The summed E-state index contributed by atoms with van der Waals surface area (Å²) in [5.74, 6) is -1.16. The second-order valence-electron chi connectivity index (χ2n) is 4.71. The van der Waals surface area contributed by atoms with Gasteiger partial charge in [0.1, 0.15) is 0 Å². The van der Waals surface area contributed by atoms with Crippen molar-refractivity contribution in [2.24, 2.45) is 0 Å². The van der Waals surface area contributed by atoms with Crippen molar-refractivity contribution in [3.8, 4) is 0 Å². The van der Waals surface area contributed by atoms with E-state index in [0.717, 1.165) is 4.31 Å². The number of β-amino-alcohol motifs (C(OH)–C–C–N with tert-alkyl or cyclic N) is 1.